The van der Waals surface area contributed by atoms with E-state index in [0.29, 0.717) is 0 Å². The molecular formula is C25H51. The van der Waals surface area contributed by atoms with Crippen molar-refractivity contribution in [2.24, 2.45) is 11.8 Å². The van der Waals surface area contributed by atoms with E-state index in [1.165, 1.54) is 116 Å². The fourth-order valence-electron chi connectivity index (χ4n) is 4.01. The molecule has 0 spiro atoms. The fraction of sp³-hybridized carbons (Fsp3) is 0.960. The van der Waals surface area contributed by atoms with Crippen LogP contribution in [-0.2, 0) is 0 Å². The third-order valence-corrected chi connectivity index (χ3v) is 5.85. The number of hydrogen-bond acceptors (Lipinski definition) is 0. The average Bonchev–Trinajstić information content (AvgIpc) is 2.63. The van der Waals surface area contributed by atoms with Crippen molar-refractivity contribution in [3.8, 4) is 0 Å². The van der Waals surface area contributed by atoms with Gasteiger partial charge in [0.05, 0.1) is 0 Å². The Balaban J connectivity index is 4.10. The number of hydrogen-bond donors (Lipinski definition) is 0. The lowest BCUT2D eigenvalue weighted by Gasteiger charge is -2.23. The van der Waals surface area contributed by atoms with Gasteiger partial charge in [-0.25, -0.2) is 0 Å². The van der Waals surface area contributed by atoms with Gasteiger partial charge in [0.1, 0.15) is 0 Å². The van der Waals surface area contributed by atoms with Gasteiger partial charge in [0.15, 0.2) is 0 Å². The molecule has 0 aromatic carbocycles. The summed E-state index contributed by atoms with van der Waals surface area (Å²) in [5.74, 6) is 1.78. The minimum absolute atomic E-state index is 0.883. The molecule has 1 radical (unpaired) electrons. The maximum Gasteiger partial charge on any atom is -0.0324 e. The van der Waals surface area contributed by atoms with Crippen LogP contribution in [0.3, 0.4) is 0 Å². The molecule has 0 heteroatoms. The molecule has 151 valence electrons. The summed E-state index contributed by atoms with van der Waals surface area (Å²) in [6.45, 7) is 9.36. The lowest BCUT2D eigenvalue weighted by molar-refractivity contribution is 0.380. The first kappa shape index (κ1) is 25.0. The Labute approximate surface area is 161 Å². The fourth-order valence-corrected chi connectivity index (χ4v) is 4.01. The first-order valence-corrected chi connectivity index (χ1v) is 12.1. The second-order valence-electron chi connectivity index (χ2n) is 8.38. The van der Waals surface area contributed by atoms with Gasteiger partial charge in [0.2, 0.25) is 0 Å². The quantitative estimate of drug-likeness (QED) is 0.191. The molecule has 0 rings (SSSR count). The van der Waals surface area contributed by atoms with Crippen LogP contribution < -0.4 is 0 Å². The molecule has 0 aromatic heterocycles. The lowest BCUT2D eigenvalue weighted by Crippen LogP contribution is -2.10. The molecule has 0 N–H and O–H groups in total. The molecule has 0 aliphatic carbocycles. The Hall–Kier alpha value is 0. The normalized spacial score (nSPS) is 13.9. The monoisotopic (exact) mass is 351 g/mol. The number of unbranched alkanes of at least 4 members (excludes halogenated alkanes) is 11. The molecule has 0 saturated heterocycles. The highest BCUT2D eigenvalue weighted by atomic mass is 14.2. The van der Waals surface area contributed by atoms with Crippen LogP contribution in [0.15, 0.2) is 0 Å². The van der Waals surface area contributed by atoms with Crippen molar-refractivity contribution in [1.29, 1.82) is 0 Å². The van der Waals surface area contributed by atoms with Gasteiger partial charge in [-0.15, -0.1) is 0 Å². The smallest absolute Gasteiger partial charge is 0.0324 e. The van der Waals surface area contributed by atoms with Crippen molar-refractivity contribution in [2.75, 3.05) is 0 Å². The van der Waals surface area contributed by atoms with E-state index in [0.717, 1.165) is 11.8 Å². The lowest BCUT2D eigenvalue weighted by atomic mass is 9.83. The highest BCUT2D eigenvalue weighted by molar-refractivity contribution is 4.83. The largest absolute Gasteiger partial charge is 0.0654 e. The van der Waals surface area contributed by atoms with Crippen LogP contribution in [0.1, 0.15) is 143 Å². The third kappa shape index (κ3) is 17.2. The van der Waals surface area contributed by atoms with Gasteiger partial charge in [0.25, 0.3) is 0 Å². The molecule has 2 unspecified atom stereocenters. The van der Waals surface area contributed by atoms with Crippen molar-refractivity contribution < 1.29 is 0 Å². The second kappa shape index (κ2) is 20.3. The van der Waals surface area contributed by atoms with E-state index >= 15 is 0 Å². The predicted molar refractivity (Wildman–Crippen MR) is 117 cm³/mol. The highest BCUT2D eigenvalue weighted by Gasteiger charge is 2.15. The van der Waals surface area contributed by atoms with E-state index in [4.69, 9.17) is 0 Å². The summed E-state index contributed by atoms with van der Waals surface area (Å²) < 4.78 is 0. The maximum absolute atomic E-state index is 2.80. The zero-order chi connectivity index (χ0) is 18.6. The molecule has 2 atom stereocenters. The Morgan fingerprint density at radius 2 is 0.800 bits per heavy atom. The van der Waals surface area contributed by atoms with E-state index < -0.39 is 0 Å². The summed E-state index contributed by atoms with van der Waals surface area (Å²) in [5.41, 5.74) is 0. The molecule has 0 saturated carbocycles. The van der Waals surface area contributed by atoms with Gasteiger partial charge < -0.3 is 0 Å². The zero-order valence-corrected chi connectivity index (χ0v) is 18.5. The van der Waals surface area contributed by atoms with Crippen LogP contribution in [0.25, 0.3) is 0 Å². The van der Waals surface area contributed by atoms with Crippen molar-refractivity contribution in [2.45, 2.75) is 143 Å². The van der Waals surface area contributed by atoms with Crippen molar-refractivity contribution in [3.63, 3.8) is 0 Å². The topological polar surface area (TPSA) is 0 Å². The van der Waals surface area contributed by atoms with E-state index in [1.54, 1.807) is 0 Å². The minimum atomic E-state index is 0.883. The van der Waals surface area contributed by atoms with E-state index in [9.17, 15) is 0 Å². The first-order chi connectivity index (χ1) is 12.3. The van der Waals surface area contributed by atoms with E-state index in [-0.39, 0.29) is 0 Å². The third-order valence-electron chi connectivity index (χ3n) is 5.85. The molecular weight excluding hydrogens is 300 g/mol. The molecule has 0 aliphatic heterocycles. The summed E-state index contributed by atoms with van der Waals surface area (Å²) in [6, 6.07) is 0. The van der Waals surface area contributed by atoms with Crippen LogP contribution in [-0.4, -0.2) is 0 Å². The van der Waals surface area contributed by atoms with Crippen LogP contribution in [0.5, 0.6) is 0 Å². The van der Waals surface area contributed by atoms with Crippen LogP contribution >= 0.6 is 0 Å². The molecule has 0 nitrogen and oxygen atoms in total. The van der Waals surface area contributed by atoms with Gasteiger partial charge in [-0.1, -0.05) is 143 Å². The minimum Gasteiger partial charge on any atom is -0.0654 e. The Kier molecular flexibility index (Phi) is 20.3. The highest BCUT2D eigenvalue weighted by Crippen LogP contribution is 2.28. The predicted octanol–water partition coefficient (Wildman–Crippen LogP) is 9.52. The second-order valence-corrected chi connectivity index (χ2v) is 8.38. The summed E-state index contributed by atoms with van der Waals surface area (Å²) in [6.07, 6.45) is 28.5. The van der Waals surface area contributed by atoms with Crippen molar-refractivity contribution in [1.82, 2.24) is 0 Å². The first-order valence-electron chi connectivity index (χ1n) is 12.1. The molecule has 0 fully saturated rings. The zero-order valence-electron chi connectivity index (χ0n) is 18.5. The molecule has 0 aliphatic rings. The summed E-state index contributed by atoms with van der Waals surface area (Å²) in [5, 5.41) is 0. The van der Waals surface area contributed by atoms with Gasteiger partial charge in [0, 0.05) is 0 Å². The average molecular weight is 352 g/mol. The van der Waals surface area contributed by atoms with Gasteiger partial charge in [-0.3, -0.25) is 0 Å². The van der Waals surface area contributed by atoms with Crippen LogP contribution in [0.2, 0.25) is 0 Å². The van der Waals surface area contributed by atoms with E-state index in [1.807, 2.05) is 0 Å². The van der Waals surface area contributed by atoms with Gasteiger partial charge in [-0.2, -0.15) is 0 Å². The van der Waals surface area contributed by atoms with Crippen LogP contribution in [0, 0.1) is 18.3 Å². The van der Waals surface area contributed by atoms with Crippen molar-refractivity contribution >= 4 is 0 Å². The summed E-state index contributed by atoms with van der Waals surface area (Å²) in [4.78, 5) is 0. The Bertz CT molecular complexity index is 232. The van der Waals surface area contributed by atoms with Gasteiger partial charge >= 0.3 is 0 Å². The molecule has 0 bridgehead atoms. The van der Waals surface area contributed by atoms with Crippen molar-refractivity contribution in [3.05, 3.63) is 6.42 Å². The maximum atomic E-state index is 2.80. The van der Waals surface area contributed by atoms with E-state index in [2.05, 4.69) is 34.1 Å². The standard InChI is InChI=1S/C25H51/c1-5-9-12-15-18-20-24(8-4)23-25(21-17-14-11-7-3)22-19-16-13-10-6-2/h23-25H,5-22H2,1-4H3. The Morgan fingerprint density at radius 1 is 0.440 bits per heavy atom. The SMILES string of the molecule is CCCCCCCC([CH]C(CCCCCC)CCCCCCC)CC. The molecule has 0 heterocycles. The Morgan fingerprint density at radius 3 is 1.20 bits per heavy atom. The molecule has 0 aromatic rings. The van der Waals surface area contributed by atoms with Crippen LogP contribution in [0.4, 0.5) is 0 Å². The summed E-state index contributed by atoms with van der Waals surface area (Å²) >= 11 is 0. The molecule has 25 heavy (non-hydrogen) atoms. The van der Waals surface area contributed by atoms with Gasteiger partial charge in [-0.05, 0) is 18.3 Å². The molecule has 0 amide bonds. The summed E-state index contributed by atoms with van der Waals surface area (Å²) in [7, 11) is 0. The number of rotatable bonds is 20.